The van der Waals surface area contributed by atoms with Gasteiger partial charge in [-0.25, -0.2) is 0 Å². The predicted octanol–water partition coefficient (Wildman–Crippen LogP) is 0.472. The maximum Gasteiger partial charge on any atom is 0.227 e. The maximum atomic E-state index is 12.8. The molecule has 3 saturated heterocycles. The molecule has 3 fully saturated rings. The molecule has 0 saturated carbocycles. The van der Waals surface area contributed by atoms with Crippen molar-refractivity contribution in [2.45, 2.75) is 38.6 Å². The number of hydrogen-bond acceptors (Lipinski definition) is 4. The Kier molecular flexibility index (Phi) is 5.54. The summed E-state index contributed by atoms with van der Waals surface area (Å²) in [7, 11) is 0. The highest BCUT2D eigenvalue weighted by Crippen LogP contribution is 2.24. The number of morpholine rings is 1. The van der Waals surface area contributed by atoms with Crippen LogP contribution in [0.3, 0.4) is 0 Å². The van der Waals surface area contributed by atoms with Gasteiger partial charge in [-0.3, -0.25) is 9.59 Å². The van der Waals surface area contributed by atoms with Crippen molar-refractivity contribution in [3.05, 3.63) is 0 Å². The molecule has 3 heterocycles. The Hall–Kier alpha value is -1.14. The summed E-state index contributed by atoms with van der Waals surface area (Å²) in [5, 5.41) is 3.40. The highest BCUT2D eigenvalue weighted by atomic mass is 16.5. The quantitative estimate of drug-likeness (QED) is 0.802. The minimum atomic E-state index is -0.0232. The van der Waals surface area contributed by atoms with E-state index in [9.17, 15) is 9.59 Å². The van der Waals surface area contributed by atoms with Crippen LogP contribution in [0.15, 0.2) is 0 Å². The van der Waals surface area contributed by atoms with Crippen LogP contribution in [0.25, 0.3) is 0 Å². The molecule has 0 aromatic heterocycles. The molecule has 2 amide bonds. The van der Waals surface area contributed by atoms with Gasteiger partial charge >= 0.3 is 0 Å². The van der Waals surface area contributed by atoms with Crippen molar-refractivity contribution in [1.29, 1.82) is 0 Å². The van der Waals surface area contributed by atoms with Crippen molar-refractivity contribution >= 4 is 11.8 Å². The van der Waals surface area contributed by atoms with Gasteiger partial charge in [-0.05, 0) is 39.2 Å². The summed E-state index contributed by atoms with van der Waals surface area (Å²) in [5.74, 6) is 0.579. The first-order valence-corrected chi connectivity index (χ1v) is 9.04. The highest BCUT2D eigenvalue weighted by molar-refractivity contribution is 5.82. The van der Waals surface area contributed by atoms with Crippen molar-refractivity contribution in [2.24, 2.45) is 11.8 Å². The minimum Gasteiger partial charge on any atom is -0.378 e. The molecule has 130 valence electrons. The van der Waals surface area contributed by atoms with Gasteiger partial charge in [0, 0.05) is 38.1 Å². The Bertz CT molecular complexity index is 437. The molecule has 0 aliphatic carbocycles. The van der Waals surface area contributed by atoms with E-state index in [1.54, 1.807) is 0 Å². The smallest absolute Gasteiger partial charge is 0.227 e. The summed E-state index contributed by atoms with van der Waals surface area (Å²) in [6, 6.07) is 0.410. The fraction of sp³-hybridized carbons (Fsp3) is 0.882. The fourth-order valence-corrected chi connectivity index (χ4v) is 4.04. The highest BCUT2D eigenvalue weighted by Gasteiger charge is 2.35. The zero-order valence-electron chi connectivity index (χ0n) is 14.1. The molecule has 23 heavy (non-hydrogen) atoms. The molecule has 0 radical (unpaired) electrons. The van der Waals surface area contributed by atoms with Crippen molar-refractivity contribution < 1.29 is 14.3 Å². The van der Waals surface area contributed by atoms with E-state index in [4.69, 9.17) is 4.74 Å². The van der Waals surface area contributed by atoms with Crippen molar-refractivity contribution in [3.63, 3.8) is 0 Å². The van der Waals surface area contributed by atoms with E-state index in [0.29, 0.717) is 38.9 Å². The number of hydrogen-bond donors (Lipinski definition) is 1. The van der Waals surface area contributed by atoms with Crippen LogP contribution in [0.2, 0.25) is 0 Å². The third-order valence-electron chi connectivity index (χ3n) is 5.38. The van der Waals surface area contributed by atoms with Crippen LogP contribution in [0.1, 0.15) is 32.6 Å². The zero-order valence-corrected chi connectivity index (χ0v) is 14.1. The lowest BCUT2D eigenvalue weighted by Gasteiger charge is -2.38. The lowest BCUT2D eigenvalue weighted by molar-refractivity contribution is -0.145. The molecule has 3 aliphatic rings. The molecule has 0 bridgehead atoms. The topological polar surface area (TPSA) is 61.9 Å². The van der Waals surface area contributed by atoms with Crippen LogP contribution in [-0.4, -0.2) is 73.6 Å². The van der Waals surface area contributed by atoms with E-state index >= 15 is 0 Å². The first-order chi connectivity index (χ1) is 11.1. The maximum absolute atomic E-state index is 12.8. The van der Waals surface area contributed by atoms with Gasteiger partial charge in [0.25, 0.3) is 0 Å². The molecule has 3 rings (SSSR count). The fourth-order valence-electron chi connectivity index (χ4n) is 4.04. The number of ether oxygens (including phenoxy) is 1. The summed E-state index contributed by atoms with van der Waals surface area (Å²) in [5.41, 5.74) is 0. The lowest BCUT2D eigenvalue weighted by atomic mass is 9.89. The van der Waals surface area contributed by atoms with Gasteiger partial charge < -0.3 is 19.9 Å². The molecule has 6 nitrogen and oxygen atoms in total. The summed E-state index contributed by atoms with van der Waals surface area (Å²) in [6.07, 6.45) is 3.68. The molecule has 0 spiro atoms. The van der Waals surface area contributed by atoms with Gasteiger partial charge in [0.05, 0.1) is 19.1 Å². The number of piperidine rings is 2. The van der Waals surface area contributed by atoms with Gasteiger partial charge in [0.15, 0.2) is 0 Å². The normalized spacial score (nSPS) is 32.7. The predicted molar refractivity (Wildman–Crippen MR) is 86.9 cm³/mol. The van der Waals surface area contributed by atoms with E-state index in [1.807, 2.05) is 9.80 Å². The molecule has 6 heteroatoms. The molecule has 0 aromatic rings. The Morgan fingerprint density at radius 2 is 1.74 bits per heavy atom. The van der Waals surface area contributed by atoms with Gasteiger partial charge in [-0.1, -0.05) is 0 Å². The zero-order chi connectivity index (χ0) is 16.2. The third-order valence-corrected chi connectivity index (χ3v) is 5.38. The second-order valence-corrected chi connectivity index (χ2v) is 7.14. The number of amides is 2. The van der Waals surface area contributed by atoms with Crippen LogP contribution < -0.4 is 5.32 Å². The first-order valence-electron chi connectivity index (χ1n) is 9.04. The third kappa shape index (κ3) is 4.04. The Balaban J connectivity index is 1.56. The number of nitrogens with one attached hydrogen (secondary N) is 1. The SMILES string of the molecule is C[C@H]1C[C@@H](C(=O)N2CCCC(C(=O)N3CCOCC3)C2)CCN1. The average Bonchev–Trinajstić information content (AvgIpc) is 2.61. The van der Waals surface area contributed by atoms with Crippen LogP contribution in [0, 0.1) is 11.8 Å². The van der Waals surface area contributed by atoms with E-state index in [-0.39, 0.29) is 23.7 Å². The first kappa shape index (κ1) is 16.7. The Labute approximate surface area is 138 Å². The van der Waals surface area contributed by atoms with Crippen LogP contribution in [0.4, 0.5) is 0 Å². The average molecular weight is 323 g/mol. The van der Waals surface area contributed by atoms with Gasteiger partial charge in [-0.15, -0.1) is 0 Å². The molecule has 0 aromatic carbocycles. The summed E-state index contributed by atoms with van der Waals surface area (Å²) < 4.78 is 5.32. The molecular weight excluding hydrogens is 294 g/mol. The number of nitrogens with zero attached hydrogens (tertiary/aromatic N) is 2. The van der Waals surface area contributed by atoms with Gasteiger partial charge in [0.1, 0.15) is 0 Å². The monoisotopic (exact) mass is 323 g/mol. The number of likely N-dealkylation sites (tertiary alicyclic amines) is 1. The number of carbonyl (C=O) groups is 2. The van der Waals surface area contributed by atoms with Gasteiger partial charge in [-0.2, -0.15) is 0 Å². The van der Waals surface area contributed by atoms with Crippen molar-refractivity contribution in [1.82, 2.24) is 15.1 Å². The summed E-state index contributed by atoms with van der Waals surface area (Å²) >= 11 is 0. The molecular formula is C17H29N3O3. The van der Waals surface area contributed by atoms with E-state index in [2.05, 4.69) is 12.2 Å². The standard InChI is InChI=1S/C17H29N3O3/c1-13-11-14(4-5-18-13)16(21)20-6-2-3-15(12-20)17(22)19-7-9-23-10-8-19/h13-15,18H,2-12H2,1H3/t13-,14-,15?/m0/s1. The second-order valence-electron chi connectivity index (χ2n) is 7.14. The van der Waals surface area contributed by atoms with E-state index in [1.165, 1.54) is 0 Å². The number of rotatable bonds is 2. The summed E-state index contributed by atoms with van der Waals surface area (Å²) in [6.45, 7) is 7.12. The Morgan fingerprint density at radius 1 is 1.00 bits per heavy atom. The second kappa shape index (κ2) is 7.62. The van der Waals surface area contributed by atoms with E-state index in [0.717, 1.165) is 38.8 Å². The van der Waals surface area contributed by atoms with E-state index < -0.39 is 0 Å². The largest absolute Gasteiger partial charge is 0.378 e. The summed E-state index contributed by atoms with van der Waals surface area (Å²) in [4.78, 5) is 29.3. The molecule has 3 atom stereocenters. The van der Waals surface area contributed by atoms with Gasteiger partial charge in [0.2, 0.25) is 11.8 Å². The van der Waals surface area contributed by atoms with Crippen molar-refractivity contribution in [2.75, 3.05) is 45.9 Å². The van der Waals surface area contributed by atoms with Crippen LogP contribution >= 0.6 is 0 Å². The molecule has 1 N–H and O–H groups in total. The Morgan fingerprint density at radius 3 is 2.48 bits per heavy atom. The lowest BCUT2D eigenvalue weighted by Crippen LogP contribution is -2.51. The minimum absolute atomic E-state index is 0.0232. The molecule has 3 aliphatic heterocycles. The van der Waals surface area contributed by atoms with Crippen LogP contribution in [0.5, 0.6) is 0 Å². The number of carbonyl (C=O) groups excluding carboxylic acids is 2. The van der Waals surface area contributed by atoms with Crippen molar-refractivity contribution in [3.8, 4) is 0 Å². The van der Waals surface area contributed by atoms with Crippen LogP contribution in [-0.2, 0) is 14.3 Å². The molecule has 1 unspecified atom stereocenters.